The van der Waals surface area contributed by atoms with Gasteiger partial charge in [0.25, 0.3) is 15.9 Å². The number of rotatable bonds is 5. The highest BCUT2D eigenvalue weighted by atomic mass is 35.5. The van der Waals surface area contributed by atoms with Gasteiger partial charge in [-0.05, 0) is 31.2 Å². The summed E-state index contributed by atoms with van der Waals surface area (Å²) in [7, 11) is -4.00. The van der Waals surface area contributed by atoms with Gasteiger partial charge in [-0.2, -0.15) is 0 Å². The molecule has 7 nitrogen and oxygen atoms in total. The number of benzene rings is 1. The first-order valence-corrected chi connectivity index (χ1v) is 9.53. The molecule has 0 aliphatic heterocycles. The quantitative estimate of drug-likeness (QED) is 0.700. The minimum Gasteiger partial charge on any atom is -0.346 e. The van der Waals surface area contributed by atoms with Gasteiger partial charge in [-0.15, -0.1) is 0 Å². The number of aromatic nitrogens is 3. The highest BCUT2D eigenvalue weighted by molar-refractivity contribution is 7.90. The number of amides is 1. The zero-order valence-corrected chi connectivity index (χ0v) is 15.6. The molecule has 0 unspecified atom stereocenters. The molecule has 3 rings (SSSR count). The van der Waals surface area contributed by atoms with Crippen molar-refractivity contribution in [2.75, 3.05) is 0 Å². The lowest BCUT2D eigenvalue weighted by Gasteiger charge is -2.06. The third-order valence-corrected chi connectivity index (χ3v) is 5.58. The van der Waals surface area contributed by atoms with Crippen molar-refractivity contribution in [3.63, 3.8) is 0 Å². The molecule has 140 valence electrons. The molecule has 10 heteroatoms. The van der Waals surface area contributed by atoms with Crippen molar-refractivity contribution in [3.8, 4) is 0 Å². The smallest absolute Gasteiger partial charge is 0.267 e. The summed E-state index contributed by atoms with van der Waals surface area (Å²) in [6.07, 6.45) is 5.53. The number of aryl methyl sites for hydroxylation is 1. The van der Waals surface area contributed by atoms with E-state index in [1.807, 2.05) is 0 Å². The fraction of sp³-hybridized carbons (Fsp3) is 0.118. The number of nitrogens with one attached hydrogen (secondary N) is 1. The van der Waals surface area contributed by atoms with Gasteiger partial charge in [0.05, 0.1) is 39.6 Å². The first-order chi connectivity index (χ1) is 12.8. The molecule has 0 radical (unpaired) electrons. The molecule has 0 aliphatic rings. The van der Waals surface area contributed by atoms with E-state index in [0.29, 0.717) is 5.69 Å². The molecular formula is C17H14ClFN4O3S. The summed E-state index contributed by atoms with van der Waals surface area (Å²) in [6, 6.07) is 4.45. The van der Waals surface area contributed by atoms with Crippen molar-refractivity contribution in [2.24, 2.45) is 0 Å². The molecule has 0 aliphatic carbocycles. The second-order valence-electron chi connectivity index (χ2n) is 5.64. The van der Waals surface area contributed by atoms with Crippen LogP contribution >= 0.6 is 11.6 Å². The Morgan fingerprint density at radius 2 is 2.04 bits per heavy atom. The topological polar surface area (TPSA) is 94.0 Å². The van der Waals surface area contributed by atoms with Crippen molar-refractivity contribution in [2.45, 2.75) is 18.4 Å². The molecule has 0 atom stereocenters. The van der Waals surface area contributed by atoms with E-state index in [0.717, 1.165) is 27.9 Å². The maximum Gasteiger partial charge on any atom is 0.267 e. The summed E-state index contributed by atoms with van der Waals surface area (Å²) in [5, 5.41) is 2.33. The summed E-state index contributed by atoms with van der Waals surface area (Å²) < 4.78 is 39.3. The maximum absolute atomic E-state index is 13.3. The maximum atomic E-state index is 13.3. The Balaban J connectivity index is 1.75. The van der Waals surface area contributed by atoms with Crippen molar-refractivity contribution in [1.82, 2.24) is 19.3 Å². The molecule has 27 heavy (non-hydrogen) atoms. The Morgan fingerprint density at radius 1 is 1.26 bits per heavy atom. The molecular weight excluding hydrogens is 395 g/mol. The van der Waals surface area contributed by atoms with Gasteiger partial charge in [0, 0.05) is 18.6 Å². The molecule has 0 saturated heterocycles. The van der Waals surface area contributed by atoms with Crippen LogP contribution in [0.4, 0.5) is 4.39 Å². The van der Waals surface area contributed by atoms with Crippen LogP contribution in [0.25, 0.3) is 0 Å². The van der Waals surface area contributed by atoms with E-state index in [1.54, 1.807) is 19.3 Å². The van der Waals surface area contributed by atoms with Crippen LogP contribution in [0.15, 0.2) is 53.9 Å². The summed E-state index contributed by atoms with van der Waals surface area (Å²) in [4.78, 5) is 20.2. The molecule has 0 bridgehead atoms. The van der Waals surface area contributed by atoms with E-state index < -0.39 is 21.7 Å². The van der Waals surface area contributed by atoms with E-state index in [-0.39, 0.29) is 22.0 Å². The number of carbonyl (C=O) groups excluding carboxylic acids is 1. The SMILES string of the molecule is Cc1cnc(CNC(=O)c2ccn(S(=O)(=O)c3ccc(F)c(Cl)c3)c2)cn1. The van der Waals surface area contributed by atoms with Gasteiger partial charge in [-0.3, -0.25) is 14.8 Å². The van der Waals surface area contributed by atoms with Gasteiger partial charge < -0.3 is 5.32 Å². The second kappa shape index (κ2) is 7.45. The minimum atomic E-state index is -4.00. The molecule has 0 spiro atoms. The van der Waals surface area contributed by atoms with Crippen molar-refractivity contribution in [3.05, 3.63) is 76.8 Å². The van der Waals surface area contributed by atoms with Crippen molar-refractivity contribution in [1.29, 1.82) is 0 Å². The highest BCUT2D eigenvalue weighted by Crippen LogP contribution is 2.21. The average molecular weight is 409 g/mol. The largest absolute Gasteiger partial charge is 0.346 e. The first kappa shape index (κ1) is 19.0. The summed E-state index contributed by atoms with van der Waals surface area (Å²) >= 11 is 5.65. The van der Waals surface area contributed by atoms with Crippen molar-refractivity contribution < 1.29 is 17.6 Å². The lowest BCUT2D eigenvalue weighted by molar-refractivity contribution is 0.0950. The van der Waals surface area contributed by atoms with Crippen molar-refractivity contribution >= 4 is 27.5 Å². The molecule has 3 aromatic rings. The second-order valence-corrected chi connectivity index (χ2v) is 7.89. The zero-order chi connectivity index (χ0) is 19.6. The van der Waals surface area contributed by atoms with Crippen LogP contribution in [-0.4, -0.2) is 28.3 Å². The standard InChI is InChI=1S/C17H14ClFN4O3S/c1-11-7-21-13(8-20-11)9-22-17(24)12-4-5-23(10-12)27(25,26)14-2-3-16(19)15(18)6-14/h2-8,10H,9H2,1H3,(H,22,24). The number of nitrogens with zero attached hydrogens (tertiary/aromatic N) is 3. The molecule has 1 amide bonds. The number of hydrogen-bond donors (Lipinski definition) is 1. The molecule has 0 fully saturated rings. The van der Waals surface area contributed by atoms with E-state index in [9.17, 15) is 17.6 Å². The number of halogens is 2. The molecule has 1 N–H and O–H groups in total. The molecule has 2 aromatic heterocycles. The third kappa shape index (κ3) is 4.15. The fourth-order valence-corrected chi connectivity index (χ4v) is 3.67. The van der Waals surface area contributed by atoms with E-state index in [2.05, 4.69) is 15.3 Å². The molecule has 2 heterocycles. The Bertz CT molecular complexity index is 1100. The van der Waals surface area contributed by atoms with Crippen LogP contribution in [-0.2, 0) is 16.6 Å². The predicted octanol–water partition coefficient (Wildman–Crippen LogP) is 2.55. The minimum absolute atomic E-state index is 0.145. The van der Waals surface area contributed by atoms with E-state index >= 15 is 0 Å². The Labute approximate surface area is 159 Å². The average Bonchev–Trinajstić information content (AvgIpc) is 3.14. The first-order valence-electron chi connectivity index (χ1n) is 7.72. The third-order valence-electron chi connectivity index (χ3n) is 3.66. The van der Waals surface area contributed by atoms with Gasteiger partial charge in [-0.1, -0.05) is 11.6 Å². The van der Waals surface area contributed by atoms with Gasteiger partial charge in [0.15, 0.2) is 0 Å². The van der Waals surface area contributed by atoms with E-state index in [1.165, 1.54) is 18.5 Å². The fourth-order valence-electron chi connectivity index (χ4n) is 2.20. The lowest BCUT2D eigenvalue weighted by atomic mass is 10.3. The normalized spacial score (nSPS) is 11.4. The van der Waals surface area contributed by atoms with Gasteiger partial charge in [-0.25, -0.2) is 16.8 Å². The molecule has 0 saturated carbocycles. The van der Waals surface area contributed by atoms with Gasteiger partial charge in [0.1, 0.15) is 5.82 Å². The monoisotopic (exact) mass is 408 g/mol. The van der Waals surface area contributed by atoms with E-state index in [4.69, 9.17) is 11.6 Å². The zero-order valence-electron chi connectivity index (χ0n) is 14.1. The molecule has 1 aromatic carbocycles. The summed E-state index contributed by atoms with van der Waals surface area (Å²) in [5.41, 5.74) is 1.47. The Morgan fingerprint density at radius 3 is 2.70 bits per heavy atom. The Hall–Kier alpha value is -2.78. The van der Waals surface area contributed by atoms with Crippen LogP contribution in [0.1, 0.15) is 21.7 Å². The van der Waals surface area contributed by atoms with Crippen LogP contribution < -0.4 is 5.32 Å². The van der Waals surface area contributed by atoms with Crippen LogP contribution in [0.3, 0.4) is 0 Å². The van der Waals surface area contributed by atoms with Crippen LogP contribution in [0, 0.1) is 12.7 Å². The summed E-state index contributed by atoms with van der Waals surface area (Å²) in [6.45, 7) is 1.95. The highest BCUT2D eigenvalue weighted by Gasteiger charge is 2.20. The lowest BCUT2D eigenvalue weighted by Crippen LogP contribution is -2.23. The van der Waals surface area contributed by atoms with Crippen LogP contribution in [0.5, 0.6) is 0 Å². The van der Waals surface area contributed by atoms with Crippen LogP contribution in [0.2, 0.25) is 5.02 Å². The number of hydrogen-bond acceptors (Lipinski definition) is 5. The summed E-state index contributed by atoms with van der Waals surface area (Å²) in [5.74, 6) is -1.19. The van der Waals surface area contributed by atoms with Gasteiger partial charge in [0.2, 0.25) is 0 Å². The van der Waals surface area contributed by atoms with Gasteiger partial charge >= 0.3 is 0 Å². The number of carbonyl (C=O) groups is 1. The predicted molar refractivity (Wildman–Crippen MR) is 96.4 cm³/mol. The Kier molecular flexibility index (Phi) is 5.24.